The fourth-order valence-electron chi connectivity index (χ4n) is 3.42. The predicted molar refractivity (Wildman–Crippen MR) is 109 cm³/mol. The predicted octanol–water partition coefficient (Wildman–Crippen LogP) is -1.40. The van der Waals surface area contributed by atoms with Crippen molar-refractivity contribution in [2.75, 3.05) is 6.61 Å². The Bertz CT molecular complexity index is 1090. The molecule has 0 bridgehead atoms. The molecule has 1 aromatic rings. The lowest BCUT2D eigenvalue weighted by molar-refractivity contribution is -0.235. The van der Waals surface area contributed by atoms with E-state index < -0.39 is 76.5 Å². The van der Waals surface area contributed by atoms with Crippen LogP contribution >= 0.6 is 15.6 Å². The Labute approximate surface area is 191 Å². The van der Waals surface area contributed by atoms with Crippen molar-refractivity contribution >= 4 is 15.6 Å². The van der Waals surface area contributed by atoms with Crippen molar-refractivity contribution in [1.29, 1.82) is 0 Å². The molecule has 3 heterocycles. The number of H-pyrrole nitrogens is 1. The molecule has 16 nitrogen and oxygen atoms in total. The molecule has 2 saturated heterocycles. The molecule has 0 aromatic carbocycles. The second-order valence-electron chi connectivity index (χ2n) is 7.94. The number of rotatable bonds is 8. The Hall–Kier alpha value is -1.26. The van der Waals surface area contributed by atoms with Gasteiger partial charge in [-0.25, -0.2) is 13.9 Å². The van der Waals surface area contributed by atoms with Gasteiger partial charge in [-0.15, -0.1) is 0 Å². The molecule has 4 unspecified atom stereocenters. The number of aliphatic hydroxyl groups excluding tert-OH is 3. The van der Waals surface area contributed by atoms with Crippen molar-refractivity contribution in [2.24, 2.45) is 0 Å². The summed E-state index contributed by atoms with van der Waals surface area (Å²) in [5, 5.41) is 29.7. The van der Waals surface area contributed by atoms with Crippen LogP contribution in [0.2, 0.25) is 0 Å². The van der Waals surface area contributed by atoms with E-state index in [9.17, 15) is 43.8 Å². The molecule has 0 radical (unpaired) electrons. The van der Waals surface area contributed by atoms with Gasteiger partial charge in [-0.3, -0.25) is 23.4 Å². The first-order chi connectivity index (χ1) is 15.7. The molecule has 2 fully saturated rings. The summed E-state index contributed by atoms with van der Waals surface area (Å²) in [5.74, 6) is 0. The number of hydrogen-bond donors (Lipinski definition) is 6. The monoisotopic (exact) mass is 532 g/mol. The molecule has 0 amide bonds. The van der Waals surface area contributed by atoms with Crippen LogP contribution < -0.4 is 11.2 Å². The van der Waals surface area contributed by atoms with Crippen molar-refractivity contribution in [3.8, 4) is 0 Å². The highest BCUT2D eigenvalue weighted by molar-refractivity contribution is 7.61. The first kappa shape index (κ1) is 27.3. The van der Waals surface area contributed by atoms with Crippen LogP contribution in [-0.2, 0) is 32.0 Å². The van der Waals surface area contributed by atoms with E-state index in [1.807, 2.05) is 0 Å². The first-order valence-electron chi connectivity index (χ1n) is 10.0. The van der Waals surface area contributed by atoms with Gasteiger partial charge in [0, 0.05) is 24.6 Å². The number of aryl methyl sites for hydroxylation is 1. The molecule has 0 spiro atoms. The van der Waals surface area contributed by atoms with Crippen LogP contribution in [0.15, 0.2) is 15.8 Å². The van der Waals surface area contributed by atoms with E-state index >= 15 is 0 Å². The number of nitrogens with zero attached hydrogens (tertiary/aromatic N) is 1. The zero-order valence-corrected chi connectivity index (χ0v) is 19.8. The molecule has 1 aromatic heterocycles. The highest BCUT2D eigenvalue weighted by Crippen LogP contribution is 2.61. The maximum atomic E-state index is 12.1. The first-order valence-corrected chi connectivity index (χ1v) is 13.0. The average molecular weight is 532 g/mol. The van der Waals surface area contributed by atoms with E-state index in [-0.39, 0.29) is 18.4 Å². The number of phosphoric acid groups is 2. The molecule has 2 aliphatic heterocycles. The smallest absolute Gasteiger partial charge is 0.390 e. The summed E-state index contributed by atoms with van der Waals surface area (Å²) >= 11 is 0. The molecule has 3 rings (SSSR count). The van der Waals surface area contributed by atoms with E-state index in [2.05, 4.69) is 18.3 Å². The Morgan fingerprint density at radius 1 is 1.12 bits per heavy atom. The third kappa shape index (κ3) is 6.69. The maximum Gasteiger partial charge on any atom is 0.483 e. The fourth-order valence-corrected chi connectivity index (χ4v) is 5.58. The Balaban J connectivity index is 1.58. The zero-order valence-electron chi connectivity index (χ0n) is 18.0. The van der Waals surface area contributed by atoms with Crippen molar-refractivity contribution in [1.82, 2.24) is 9.55 Å². The van der Waals surface area contributed by atoms with Gasteiger partial charge in [-0.05, 0) is 13.8 Å². The van der Waals surface area contributed by atoms with Crippen LogP contribution in [0.25, 0.3) is 0 Å². The number of aromatic amines is 1. The SMILES string of the molecule is Cc1cn([C@H]2C[C@@H](O)[C@@H](COP(=O)(O)OP(=O)(O)O[C@H]3OC(C)C[C@H](O)C3O)O2)c(=O)[nH]c1=O. The summed E-state index contributed by atoms with van der Waals surface area (Å²) in [4.78, 5) is 45.2. The number of ether oxygens (including phenoxy) is 2. The van der Waals surface area contributed by atoms with Gasteiger partial charge in [0.15, 0.2) is 6.29 Å². The third-order valence-electron chi connectivity index (χ3n) is 5.12. The maximum absolute atomic E-state index is 12.1. The zero-order chi connectivity index (χ0) is 25.4. The van der Waals surface area contributed by atoms with Gasteiger partial charge in [0.2, 0.25) is 0 Å². The summed E-state index contributed by atoms with van der Waals surface area (Å²) < 4.78 is 49.2. The van der Waals surface area contributed by atoms with Crippen molar-refractivity contribution in [2.45, 2.75) is 69.7 Å². The molecule has 2 aliphatic rings. The molecular weight excluding hydrogens is 506 g/mol. The van der Waals surface area contributed by atoms with E-state index in [1.54, 1.807) is 0 Å². The number of hydrogen-bond acceptors (Lipinski definition) is 12. The fraction of sp³-hybridized carbons (Fsp3) is 0.750. The van der Waals surface area contributed by atoms with E-state index in [0.29, 0.717) is 0 Å². The molecule has 34 heavy (non-hydrogen) atoms. The topological polar surface area (TPSA) is 236 Å². The molecule has 18 heteroatoms. The van der Waals surface area contributed by atoms with Crippen LogP contribution in [0.5, 0.6) is 0 Å². The normalized spacial score (nSPS) is 35.6. The minimum atomic E-state index is -5.34. The Morgan fingerprint density at radius 2 is 1.79 bits per heavy atom. The molecule has 194 valence electrons. The third-order valence-corrected chi connectivity index (χ3v) is 7.72. The second kappa shape index (κ2) is 10.4. The Kier molecular flexibility index (Phi) is 8.35. The van der Waals surface area contributed by atoms with Crippen LogP contribution in [0.3, 0.4) is 0 Å². The minimum absolute atomic E-state index is 0.0225. The van der Waals surface area contributed by atoms with E-state index in [0.717, 1.165) is 4.57 Å². The van der Waals surface area contributed by atoms with Crippen molar-refractivity contribution < 1.29 is 57.1 Å². The minimum Gasteiger partial charge on any atom is -0.390 e. The van der Waals surface area contributed by atoms with Gasteiger partial charge in [0.25, 0.3) is 5.56 Å². The molecule has 9 atom stereocenters. The second-order valence-corrected chi connectivity index (χ2v) is 10.9. The highest BCUT2D eigenvalue weighted by Gasteiger charge is 2.45. The van der Waals surface area contributed by atoms with E-state index in [4.69, 9.17) is 9.47 Å². The standard InChI is InChI=1S/C16H26N2O14P2/c1-7-5-18(16(23)17-14(7)22)12-4-9(19)11(30-12)6-28-33(24,25)32-34(26,27)31-15-13(21)10(20)3-8(2)29-15/h5,8-13,15,19-21H,3-4,6H2,1-2H3,(H,24,25)(H,26,27)(H,17,22,23)/t8?,9-,10+,11-,12-,13?,15-/m1/s1. The lowest BCUT2D eigenvalue weighted by Crippen LogP contribution is -2.48. The molecular formula is C16H26N2O14P2. The van der Waals surface area contributed by atoms with E-state index in [1.165, 1.54) is 20.0 Å². The number of phosphoric ester groups is 2. The quantitative estimate of drug-likeness (QED) is 0.211. The van der Waals surface area contributed by atoms with Gasteiger partial charge in [0.1, 0.15) is 18.4 Å². The van der Waals surface area contributed by atoms with Gasteiger partial charge < -0.3 is 34.6 Å². The summed E-state index contributed by atoms with van der Waals surface area (Å²) in [6.07, 6.45) is -7.97. The number of nitrogens with one attached hydrogen (secondary N) is 1. The van der Waals surface area contributed by atoms with Gasteiger partial charge >= 0.3 is 21.3 Å². The lowest BCUT2D eigenvalue weighted by atomic mass is 10.0. The van der Waals surface area contributed by atoms with Crippen LogP contribution in [-0.4, -0.2) is 78.1 Å². The van der Waals surface area contributed by atoms with Crippen LogP contribution in [0.4, 0.5) is 0 Å². The summed E-state index contributed by atoms with van der Waals surface area (Å²) in [7, 11) is -10.6. The molecule has 0 aliphatic carbocycles. The van der Waals surface area contributed by atoms with Gasteiger partial charge in [-0.1, -0.05) is 0 Å². The van der Waals surface area contributed by atoms with Crippen molar-refractivity contribution in [3.05, 3.63) is 32.6 Å². The highest BCUT2D eigenvalue weighted by atomic mass is 31.3. The lowest BCUT2D eigenvalue weighted by Gasteiger charge is -2.35. The molecule has 0 saturated carbocycles. The summed E-state index contributed by atoms with van der Waals surface area (Å²) in [6.45, 7) is 2.16. The summed E-state index contributed by atoms with van der Waals surface area (Å²) in [5.41, 5.74) is -1.18. The van der Waals surface area contributed by atoms with Crippen molar-refractivity contribution in [3.63, 3.8) is 0 Å². The average Bonchev–Trinajstić information content (AvgIpc) is 3.06. The van der Waals surface area contributed by atoms with Crippen LogP contribution in [0.1, 0.15) is 31.6 Å². The number of aliphatic hydroxyl groups is 3. The number of aromatic nitrogens is 2. The largest absolute Gasteiger partial charge is 0.483 e. The van der Waals surface area contributed by atoms with Gasteiger partial charge in [-0.2, -0.15) is 4.31 Å². The van der Waals surface area contributed by atoms with Crippen LogP contribution in [0, 0.1) is 6.92 Å². The summed E-state index contributed by atoms with van der Waals surface area (Å²) in [6, 6.07) is 0. The van der Waals surface area contributed by atoms with Gasteiger partial charge in [0.05, 0.1) is 24.9 Å². The Morgan fingerprint density at radius 3 is 2.47 bits per heavy atom. The molecule has 6 N–H and O–H groups in total.